The minimum atomic E-state index is 0.103. The molecule has 1 saturated heterocycles. The number of rotatable bonds is 2. The van der Waals surface area contributed by atoms with Crippen LogP contribution in [0.25, 0.3) is 11.1 Å². The zero-order valence-corrected chi connectivity index (χ0v) is 11.1. The summed E-state index contributed by atoms with van der Waals surface area (Å²) in [4.78, 5) is 22.1. The number of nitrogens with two attached hydrogens (primary N) is 1. The van der Waals surface area contributed by atoms with Gasteiger partial charge in [0.1, 0.15) is 12.1 Å². The number of anilines is 1. The summed E-state index contributed by atoms with van der Waals surface area (Å²) in [5, 5.41) is 0. The Morgan fingerprint density at radius 3 is 2.50 bits per heavy atom. The molecule has 1 aromatic heterocycles. The molecule has 1 aromatic carbocycles. The van der Waals surface area contributed by atoms with Gasteiger partial charge in [0.15, 0.2) is 0 Å². The fraction of sp³-hybridized carbons (Fsp3) is 0.267. The lowest BCUT2D eigenvalue weighted by molar-refractivity contribution is 0.0793. The van der Waals surface area contributed by atoms with E-state index in [2.05, 4.69) is 9.97 Å². The third-order valence-corrected chi connectivity index (χ3v) is 3.58. The summed E-state index contributed by atoms with van der Waals surface area (Å²) in [5.41, 5.74) is 8.24. The lowest BCUT2D eigenvalue weighted by atomic mass is 10.1. The number of carbonyl (C=O) groups excluding carboxylic acids is 1. The predicted molar refractivity (Wildman–Crippen MR) is 77.0 cm³/mol. The Bertz CT molecular complexity index is 618. The Morgan fingerprint density at radius 1 is 1.15 bits per heavy atom. The Balaban J connectivity index is 1.84. The van der Waals surface area contributed by atoms with E-state index in [0.717, 1.165) is 37.1 Å². The van der Waals surface area contributed by atoms with E-state index in [-0.39, 0.29) is 5.91 Å². The van der Waals surface area contributed by atoms with E-state index in [1.807, 2.05) is 29.2 Å². The molecule has 0 aliphatic carbocycles. The fourth-order valence-electron chi connectivity index (χ4n) is 2.46. The van der Waals surface area contributed by atoms with E-state index < -0.39 is 0 Å². The molecule has 102 valence electrons. The van der Waals surface area contributed by atoms with Gasteiger partial charge in [0.25, 0.3) is 5.91 Å². The van der Waals surface area contributed by atoms with E-state index in [0.29, 0.717) is 11.4 Å². The highest BCUT2D eigenvalue weighted by molar-refractivity contribution is 5.95. The molecular formula is C15H16N4O. The van der Waals surface area contributed by atoms with Gasteiger partial charge in [-0.3, -0.25) is 4.79 Å². The average molecular weight is 268 g/mol. The van der Waals surface area contributed by atoms with Crippen LogP contribution in [0.15, 0.2) is 36.8 Å². The van der Waals surface area contributed by atoms with Crippen molar-refractivity contribution in [2.24, 2.45) is 0 Å². The quantitative estimate of drug-likeness (QED) is 0.903. The SMILES string of the molecule is Nc1ncncc1-c1ccc(C(=O)N2CCCC2)cc1. The topological polar surface area (TPSA) is 72.1 Å². The molecule has 0 spiro atoms. The van der Waals surface area contributed by atoms with Crippen molar-refractivity contribution in [1.29, 1.82) is 0 Å². The zero-order valence-electron chi connectivity index (χ0n) is 11.1. The van der Waals surface area contributed by atoms with Crippen LogP contribution < -0.4 is 5.73 Å². The summed E-state index contributed by atoms with van der Waals surface area (Å²) < 4.78 is 0. The van der Waals surface area contributed by atoms with Gasteiger partial charge >= 0.3 is 0 Å². The summed E-state index contributed by atoms with van der Waals surface area (Å²) >= 11 is 0. The van der Waals surface area contributed by atoms with Gasteiger partial charge < -0.3 is 10.6 Å². The summed E-state index contributed by atoms with van der Waals surface area (Å²) in [6.45, 7) is 1.72. The number of benzene rings is 1. The first-order valence-corrected chi connectivity index (χ1v) is 6.71. The van der Waals surface area contributed by atoms with E-state index in [1.54, 1.807) is 6.20 Å². The Labute approximate surface area is 117 Å². The van der Waals surface area contributed by atoms with Crippen molar-refractivity contribution in [2.75, 3.05) is 18.8 Å². The van der Waals surface area contributed by atoms with E-state index in [9.17, 15) is 4.79 Å². The van der Waals surface area contributed by atoms with Gasteiger partial charge in [-0.05, 0) is 30.5 Å². The fourth-order valence-corrected chi connectivity index (χ4v) is 2.46. The highest BCUT2D eigenvalue weighted by atomic mass is 16.2. The van der Waals surface area contributed by atoms with E-state index >= 15 is 0 Å². The third kappa shape index (κ3) is 2.34. The second-order valence-corrected chi connectivity index (χ2v) is 4.90. The van der Waals surface area contributed by atoms with Crippen LogP contribution in [0.2, 0.25) is 0 Å². The molecule has 3 rings (SSSR count). The molecule has 1 aliphatic heterocycles. The number of amides is 1. The van der Waals surface area contributed by atoms with Crippen LogP contribution >= 0.6 is 0 Å². The van der Waals surface area contributed by atoms with Crippen molar-refractivity contribution in [1.82, 2.24) is 14.9 Å². The Morgan fingerprint density at radius 2 is 1.85 bits per heavy atom. The maximum atomic E-state index is 12.2. The number of carbonyl (C=O) groups is 1. The monoisotopic (exact) mass is 268 g/mol. The molecule has 1 aliphatic rings. The molecule has 2 N–H and O–H groups in total. The van der Waals surface area contributed by atoms with Crippen LogP contribution in [0.1, 0.15) is 23.2 Å². The molecule has 0 radical (unpaired) electrons. The number of hydrogen-bond donors (Lipinski definition) is 1. The lowest BCUT2D eigenvalue weighted by Crippen LogP contribution is -2.27. The number of aromatic nitrogens is 2. The number of nitrogens with zero attached hydrogens (tertiary/aromatic N) is 3. The van der Waals surface area contributed by atoms with Crippen LogP contribution in [-0.4, -0.2) is 33.9 Å². The maximum absolute atomic E-state index is 12.2. The van der Waals surface area contributed by atoms with Crippen LogP contribution in [0, 0.1) is 0 Å². The molecule has 2 aromatic rings. The van der Waals surface area contributed by atoms with Crippen molar-refractivity contribution in [2.45, 2.75) is 12.8 Å². The second-order valence-electron chi connectivity index (χ2n) is 4.90. The van der Waals surface area contributed by atoms with Gasteiger partial charge in [-0.1, -0.05) is 12.1 Å². The molecular weight excluding hydrogens is 252 g/mol. The summed E-state index contributed by atoms with van der Waals surface area (Å²) in [5.74, 6) is 0.546. The average Bonchev–Trinajstić information content (AvgIpc) is 3.01. The normalized spacial score (nSPS) is 14.5. The summed E-state index contributed by atoms with van der Waals surface area (Å²) in [6, 6.07) is 7.45. The standard InChI is InChI=1S/C15H16N4O/c16-14-13(9-17-10-18-14)11-3-5-12(6-4-11)15(20)19-7-1-2-8-19/h3-6,9-10H,1-2,7-8H2,(H2,16,17,18). The lowest BCUT2D eigenvalue weighted by Gasteiger charge is -2.15. The zero-order chi connectivity index (χ0) is 13.9. The van der Waals surface area contributed by atoms with Crippen LogP contribution in [-0.2, 0) is 0 Å². The molecule has 20 heavy (non-hydrogen) atoms. The molecule has 1 fully saturated rings. The Hall–Kier alpha value is -2.43. The first-order chi connectivity index (χ1) is 9.75. The molecule has 1 amide bonds. The minimum Gasteiger partial charge on any atom is -0.383 e. The van der Waals surface area contributed by atoms with Gasteiger partial charge in [-0.2, -0.15) is 0 Å². The first kappa shape index (κ1) is 12.6. The number of nitrogen functional groups attached to an aromatic ring is 1. The van der Waals surface area contributed by atoms with Crippen molar-refractivity contribution in [3.63, 3.8) is 0 Å². The molecule has 0 atom stereocenters. The van der Waals surface area contributed by atoms with Crippen molar-refractivity contribution < 1.29 is 4.79 Å². The van der Waals surface area contributed by atoms with Gasteiger partial charge in [-0.25, -0.2) is 9.97 Å². The minimum absolute atomic E-state index is 0.103. The van der Waals surface area contributed by atoms with Crippen LogP contribution in [0.5, 0.6) is 0 Å². The van der Waals surface area contributed by atoms with Crippen LogP contribution in [0.4, 0.5) is 5.82 Å². The van der Waals surface area contributed by atoms with Gasteiger partial charge in [0.05, 0.1) is 0 Å². The maximum Gasteiger partial charge on any atom is 0.253 e. The van der Waals surface area contributed by atoms with E-state index in [4.69, 9.17) is 5.73 Å². The highest BCUT2D eigenvalue weighted by Crippen LogP contribution is 2.23. The third-order valence-electron chi connectivity index (χ3n) is 3.58. The van der Waals surface area contributed by atoms with Crippen molar-refractivity contribution in [3.05, 3.63) is 42.4 Å². The molecule has 0 unspecified atom stereocenters. The number of likely N-dealkylation sites (tertiary alicyclic amines) is 1. The van der Waals surface area contributed by atoms with E-state index in [1.165, 1.54) is 6.33 Å². The number of hydrogen-bond acceptors (Lipinski definition) is 4. The van der Waals surface area contributed by atoms with Crippen molar-refractivity contribution >= 4 is 11.7 Å². The molecule has 0 bridgehead atoms. The first-order valence-electron chi connectivity index (χ1n) is 6.71. The van der Waals surface area contributed by atoms with Gasteiger partial charge in [0, 0.05) is 30.4 Å². The molecule has 0 saturated carbocycles. The second kappa shape index (κ2) is 5.28. The summed E-state index contributed by atoms with van der Waals surface area (Å²) in [6.07, 6.45) is 5.30. The van der Waals surface area contributed by atoms with Gasteiger partial charge in [0.2, 0.25) is 0 Å². The van der Waals surface area contributed by atoms with Crippen LogP contribution in [0.3, 0.4) is 0 Å². The molecule has 5 nitrogen and oxygen atoms in total. The summed E-state index contributed by atoms with van der Waals surface area (Å²) in [7, 11) is 0. The highest BCUT2D eigenvalue weighted by Gasteiger charge is 2.19. The molecule has 2 heterocycles. The Kier molecular flexibility index (Phi) is 3.33. The smallest absolute Gasteiger partial charge is 0.253 e. The predicted octanol–water partition coefficient (Wildman–Crippen LogP) is 1.96. The molecule has 5 heteroatoms. The largest absolute Gasteiger partial charge is 0.383 e. The van der Waals surface area contributed by atoms with Gasteiger partial charge in [-0.15, -0.1) is 0 Å². The van der Waals surface area contributed by atoms with Crippen molar-refractivity contribution in [3.8, 4) is 11.1 Å².